The molecule has 2 N–H and O–H groups in total. The van der Waals surface area contributed by atoms with Crippen molar-refractivity contribution >= 4 is 22.7 Å². The number of hydrogen-bond donors (Lipinski definition) is 2. The van der Waals surface area contributed by atoms with Crippen LogP contribution in [0.5, 0.6) is 0 Å². The first kappa shape index (κ1) is 19.1. The Morgan fingerprint density at radius 1 is 1.23 bits per heavy atom. The number of benzene rings is 1. The molecule has 5 rings (SSSR count). The Morgan fingerprint density at radius 3 is 2.97 bits per heavy atom. The molecular weight excluding hydrogens is 397 g/mol. The number of anilines is 2. The Bertz CT molecular complexity index is 1360. The van der Waals surface area contributed by atoms with Crippen molar-refractivity contribution in [2.45, 2.75) is 19.5 Å². The van der Waals surface area contributed by atoms with Gasteiger partial charge < -0.3 is 10.6 Å². The molecule has 0 radical (unpaired) electrons. The molecular formula is C22H20FN7O. The number of aromatic nitrogens is 5. The van der Waals surface area contributed by atoms with Crippen LogP contribution in [0.1, 0.15) is 11.1 Å². The summed E-state index contributed by atoms with van der Waals surface area (Å²) in [6.07, 6.45) is 5.44. The highest BCUT2D eigenvalue weighted by Crippen LogP contribution is 2.22. The van der Waals surface area contributed by atoms with Crippen LogP contribution in [0.2, 0.25) is 0 Å². The predicted molar refractivity (Wildman–Crippen MR) is 116 cm³/mol. The van der Waals surface area contributed by atoms with Crippen molar-refractivity contribution in [2.24, 2.45) is 0 Å². The van der Waals surface area contributed by atoms with Crippen LogP contribution in [0.3, 0.4) is 0 Å². The van der Waals surface area contributed by atoms with Gasteiger partial charge in [0.1, 0.15) is 5.39 Å². The van der Waals surface area contributed by atoms with E-state index in [-0.39, 0.29) is 12.1 Å². The summed E-state index contributed by atoms with van der Waals surface area (Å²) in [6.45, 7) is 5.75. The largest absolute Gasteiger partial charge is 0.324 e. The lowest BCUT2D eigenvalue weighted by atomic mass is 10.0. The molecule has 0 unspecified atom stereocenters. The molecule has 0 fully saturated rings. The van der Waals surface area contributed by atoms with Crippen LogP contribution in [-0.4, -0.2) is 30.9 Å². The Balaban J connectivity index is 1.61. The molecule has 31 heavy (non-hydrogen) atoms. The van der Waals surface area contributed by atoms with Gasteiger partial charge in [-0.25, -0.2) is 19.3 Å². The minimum absolute atomic E-state index is 0.236. The third kappa shape index (κ3) is 3.49. The first-order valence-corrected chi connectivity index (χ1v) is 9.95. The number of pyridine rings is 1. The third-order valence-electron chi connectivity index (χ3n) is 5.28. The predicted octanol–water partition coefficient (Wildman–Crippen LogP) is 2.69. The summed E-state index contributed by atoms with van der Waals surface area (Å²) in [7, 11) is 0. The van der Waals surface area contributed by atoms with Crippen LogP contribution in [0.25, 0.3) is 16.7 Å². The average Bonchev–Trinajstić information content (AvgIpc) is 3.05. The zero-order chi connectivity index (χ0) is 21.4. The molecule has 4 heterocycles. The van der Waals surface area contributed by atoms with E-state index >= 15 is 0 Å². The van der Waals surface area contributed by atoms with Crippen molar-refractivity contribution in [3.8, 4) is 5.69 Å². The molecule has 0 saturated carbocycles. The van der Waals surface area contributed by atoms with Gasteiger partial charge in [0, 0.05) is 30.7 Å². The number of nitrogens with zero attached hydrogens (tertiary/aromatic N) is 5. The lowest BCUT2D eigenvalue weighted by molar-refractivity contribution is 0.570. The summed E-state index contributed by atoms with van der Waals surface area (Å²) in [5.74, 6) is -0.303. The van der Waals surface area contributed by atoms with Gasteiger partial charge in [0.15, 0.2) is 5.65 Å². The minimum Gasteiger partial charge on any atom is -0.324 e. The number of rotatable bonds is 5. The van der Waals surface area contributed by atoms with Gasteiger partial charge in [0.25, 0.3) is 5.56 Å². The van der Waals surface area contributed by atoms with E-state index in [0.29, 0.717) is 22.7 Å². The zero-order valence-corrected chi connectivity index (χ0v) is 16.7. The van der Waals surface area contributed by atoms with Gasteiger partial charge in [0.2, 0.25) is 11.9 Å². The molecule has 9 heteroatoms. The van der Waals surface area contributed by atoms with Crippen molar-refractivity contribution in [3.05, 3.63) is 82.8 Å². The van der Waals surface area contributed by atoms with Gasteiger partial charge in [-0.15, -0.1) is 6.58 Å². The number of halogens is 1. The van der Waals surface area contributed by atoms with Crippen molar-refractivity contribution < 1.29 is 4.39 Å². The zero-order valence-electron chi connectivity index (χ0n) is 16.7. The average molecular weight is 417 g/mol. The minimum atomic E-state index is -0.646. The number of fused-ring (bicyclic) bond motifs is 2. The van der Waals surface area contributed by atoms with Gasteiger partial charge in [0.05, 0.1) is 12.2 Å². The topological polar surface area (TPSA) is 89.7 Å². The molecule has 3 aromatic heterocycles. The highest BCUT2D eigenvalue weighted by Gasteiger charge is 2.18. The fourth-order valence-electron chi connectivity index (χ4n) is 3.85. The Labute approximate surface area is 177 Å². The molecule has 0 atom stereocenters. The standard InChI is InChI=1S/C22H20FN7O/c1-2-9-29-21(31)18-13-26-22(27-16-4-3-14-5-7-24-12-15(14)10-16)28-20(18)30(29)17-6-8-25-19(23)11-17/h2-4,6,8,10-11,13,24H,1,5,7,9,12H2,(H,26,27,28). The smallest absolute Gasteiger partial charge is 0.278 e. The molecule has 1 aliphatic heterocycles. The molecule has 0 amide bonds. The van der Waals surface area contributed by atoms with Crippen molar-refractivity contribution in [3.63, 3.8) is 0 Å². The summed E-state index contributed by atoms with van der Waals surface area (Å²) in [5, 5.41) is 6.91. The van der Waals surface area contributed by atoms with Crippen LogP contribution in [0.4, 0.5) is 16.0 Å². The van der Waals surface area contributed by atoms with E-state index < -0.39 is 5.95 Å². The fourth-order valence-corrected chi connectivity index (χ4v) is 3.85. The molecule has 0 aliphatic carbocycles. The number of nitrogens with one attached hydrogen (secondary N) is 2. The second-order valence-corrected chi connectivity index (χ2v) is 7.29. The van der Waals surface area contributed by atoms with Gasteiger partial charge in [-0.3, -0.25) is 4.79 Å². The maximum absolute atomic E-state index is 13.8. The summed E-state index contributed by atoms with van der Waals surface area (Å²) < 4.78 is 16.8. The highest BCUT2D eigenvalue weighted by molar-refractivity contribution is 5.77. The molecule has 0 spiro atoms. The Kier molecular flexibility index (Phi) is 4.79. The Morgan fingerprint density at radius 2 is 2.13 bits per heavy atom. The van der Waals surface area contributed by atoms with Crippen LogP contribution < -0.4 is 16.2 Å². The van der Waals surface area contributed by atoms with Crippen LogP contribution in [0, 0.1) is 5.95 Å². The molecule has 1 aliphatic rings. The van der Waals surface area contributed by atoms with E-state index in [1.54, 1.807) is 16.8 Å². The maximum atomic E-state index is 13.8. The third-order valence-corrected chi connectivity index (χ3v) is 5.28. The highest BCUT2D eigenvalue weighted by atomic mass is 19.1. The second-order valence-electron chi connectivity index (χ2n) is 7.29. The van der Waals surface area contributed by atoms with Crippen molar-refractivity contribution in [2.75, 3.05) is 11.9 Å². The lowest BCUT2D eigenvalue weighted by Gasteiger charge is -2.18. The normalized spacial score (nSPS) is 13.2. The quantitative estimate of drug-likeness (QED) is 0.383. The number of hydrogen-bond acceptors (Lipinski definition) is 6. The first-order valence-electron chi connectivity index (χ1n) is 9.95. The SMILES string of the molecule is C=CCn1c(=O)c2cnc(Nc3ccc4c(c3)CNCC4)nc2n1-c1ccnc(F)c1. The lowest BCUT2D eigenvalue weighted by Crippen LogP contribution is -2.23. The van der Waals surface area contributed by atoms with E-state index in [9.17, 15) is 9.18 Å². The maximum Gasteiger partial charge on any atom is 0.278 e. The van der Waals surface area contributed by atoms with Gasteiger partial charge >= 0.3 is 0 Å². The summed E-state index contributed by atoms with van der Waals surface area (Å²) >= 11 is 0. The molecule has 0 bridgehead atoms. The number of allylic oxidation sites excluding steroid dienone is 1. The van der Waals surface area contributed by atoms with Crippen LogP contribution in [0.15, 0.2) is 60.2 Å². The van der Waals surface area contributed by atoms with Crippen LogP contribution >= 0.6 is 0 Å². The van der Waals surface area contributed by atoms with E-state index in [2.05, 4.69) is 44.3 Å². The fraction of sp³-hybridized carbons (Fsp3) is 0.182. The van der Waals surface area contributed by atoms with Crippen LogP contribution in [-0.2, 0) is 19.5 Å². The summed E-state index contributed by atoms with van der Waals surface area (Å²) in [6, 6.07) is 9.04. The van der Waals surface area contributed by atoms with E-state index in [1.807, 2.05) is 6.07 Å². The van der Waals surface area contributed by atoms with Crippen molar-refractivity contribution in [1.29, 1.82) is 0 Å². The van der Waals surface area contributed by atoms with Crippen molar-refractivity contribution in [1.82, 2.24) is 29.6 Å². The molecule has 0 saturated heterocycles. The molecule has 8 nitrogen and oxygen atoms in total. The van der Waals surface area contributed by atoms with Gasteiger partial charge in [-0.05, 0) is 42.3 Å². The molecule has 156 valence electrons. The second kappa shape index (κ2) is 7.77. The Hall–Kier alpha value is -3.85. The van der Waals surface area contributed by atoms with E-state index in [0.717, 1.165) is 25.2 Å². The van der Waals surface area contributed by atoms with Gasteiger partial charge in [-0.1, -0.05) is 12.1 Å². The molecule has 1 aromatic carbocycles. The van der Waals surface area contributed by atoms with E-state index in [4.69, 9.17) is 0 Å². The first-order chi connectivity index (χ1) is 15.1. The summed E-state index contributed by atoms with van der Waals surface area (Å²) in [4.78, 5) is 25.4. The summed E-state index contributed by atoms with van der Waals surface area (Å²) in [5.41, 5.74) is 3.95. The molecule has 4 aromatic rings. The van der Waals surface area contributed by atoms with Gasteiger partial charge in [-0.2, -0.15) is 9.37 Å². The van der Waals surface area contributed by atoms with E-state index in [1.165, 1.54) is 34.3 Å². The monoisotopic (exact) mass is 417 g/mol.